The zero-order chi connectivity index (χ0) is 29.1. The van der Waals surface area contributed by atoms with E-state index in [1.165, 1.54) is 25.5 Å². The first-order chi connectivity index (χ1) is 19.9. The lowest BCUT2D eigenvalue weighted by atomic mass is 10.2. The Balaban J connectivity index is 1.49. The first kappa shape index (κ1) is 29.2. The zero-order valence-corrected chi connectivity index (χ0v) is 23.6. The molecule has 0 saturated heterocycles. The fraction of sp³-hybridized carbons (Fsp3) is 0.161. The van der Waals surface area contributed by atoms with Gasteiger partial charge in [0.05, 0.1) is 30.5 Å². The van der Waals surface area contributed by atoms with Gasteiger partial charge < -0.3 is 14.2 Å². The predicted octanol–water partition coefficient (Wildman–Crippen LogP) is 5.02. The summed E-state index contributed by atoms with van der Waals surface area (Å²) in [6.07, 6.45) is 1.44. The number of hydrogen-bond acceptors (Lipinski definition) is 7. The third-order valence-corrected chi connectivity index (χ3v) is 7.65. The summed E-state index contributed by atoms with van der Waals surface area (Å²) >= 11 is 0. The largest absolute Gasteiger partial charge is 0.495 e. The van der Waals surface area contributed by atoms with Crippen molar-refractivity contribution in [1.82, 2.24) is 5.43 Å². The molecule has 1 N–H and O–H groups in total. The van der Waals surface area contributed by atoms with Crippen molar-refractivity contribution < 1.29 is 27.4 Å². The maximum absolute atomic E-state index is 13.5. The van der Waals surface area contributed by atoms with E-state index in [0.29, 0.717) is 36.0 Å². The minimum atomic E-state index is -4.09. The summed E-state index contributed by atoms with van der Waals surface area (Å²) in [6.45, 7) is 2.18. The van der Waals surface area contributed by atoms with Gasteiger partial charge in [-0.2, -0.15) is 5.10 Å². The highest BCUT2D eigenvalue weighted by molar-refractivity contribution is 7.92. The van der Waals surface area contributed by atoms with Crippen LogP contribution in [0.3, 0.4) is 0 Å². The van der Waals surface area contributed by atoms with Gasteiger partial charge in [0.15, 0.2) is 11.5 Å². The van der Waals surface area contributed by atoms with Crippen molar-refractivity contribution in [2.45, 2.75) is 18.4 Å². The second-order valence-electron chi connectivity index (χ2n) is 8.70. The van der Waals surface area contributed by atoms with Crippen LogP contribution in [0.4, 0.5) is 5.69 Å². The number of anilines is 1. The average molecular weight is 574 g/mol. The van der Waals surface area contributed by atoms with Gasteiger partial charge in [0.1, 0.15) is 18.9 Å². The Hall–Kier alpha value is -4.83. The van der Waals surface area contributed by atoms with Crippen molar-refractivity contribution >= 4 is 27.8 Å². The molecule has 4 aromatic rings. The van der Waals surface area contributed by atoms with Crippen molar-refractivity contribution in [1.29, 1.82) is 0 Å². The summed E-state index contributed by atoms with van der Waals surface area (Å²) < 4.78 is 45.1. The lowest BCUT2D eigenvalue weighted by Gasteiger charge is -2.25. The summed E-state index contributed by atoms with van der Waals surface area (Å²) in [5.74, 6) is 0.784. The van der Waals surface area contributed by atoms with Gasteiger partial charge in [0.25, 0.3) is 15.9 Å². The number of nitrogens with one attached hydrogen (secondary N) is 1. The van der Waals surface area contributed by atoms with Crippen molar-refractivity contribution in [2.75, 3.05) is 24.6 Å². The smallest absolute Gasteiger partial charge is 0.264 e. The number of carbonyl (C=O) groups is 1. The van der Waals surface area contributed by atoms with E-state index in [2.05, 4.69) is 10.5 Å². The van der Waals surface area contributed by atoms with Crippen molar-refractivity contribution in [3.8, 4) is 17.2 Å². The highest BCUT2D eigenvalue weighted by atomic mass is 32.2. The minimum absolute atomic E-state index is 0.0419. The standard InChI is InChI=1S/C31H31N3O6S/c1-3-39-30-20-25(18-19-29(30)40-23-24-12-6-4-7-13-24)21-32-33-31(35)22-34(27-16-10-11-17-28(27)38-2)41(36,37)26-14-8-5-9-15-26/h4-21H,3,22-23H2,1-2H3,(H,33,35)/b32-21-. The third kappa shape index (κ3) is 7.64. The van der Waals surface area contributed by atoms with E-state index in [-0.39, 0.29) is 10.6 Å². The molecule has 0 aromatic heterocycles. The zero-order valence-electron chi connectivity index (χ0n) is 22.8. The Bertz CT molecular complexity index is 1580. The highest BCUT2D eigenvalue weighted by Crippen LogP contribution is 2.32. The fourth-order valence-electron chi connectivity index (χ4n) is 3.93. The number of nitrogens with zero attached hydrogens (tertiary/aromatic N) is 2. The van der Waals surface area contributed by atoms with Crippen LogP contribution in [0.5, 0.6) is 17.2 Å². The molecule has 0 radical (unpaired) electrons. The number of hydrazone groups is 1. The van der Waals surface area contributed by atoms with Crippen LogP contribution in [0.2, 0.25) is 0 Å². The number of ether oxygens (including phenoxy) is 3. The summed E-state index contributed by atoms with van der Waals surface area (Å²) in [5.41, 5.74) is 4.32. The van der Waals surface area contributed by atoms with Crippen molar-refractivity contribution in [3.63, 3.8) is 0 Å². The molecule has 0 saturated carbocycles. The number of sulfonamides is 1. The first-order valence-electron chi connectivity index (χ1n) is 12.9. The van der Waals surface area contributed by atoms with E-state index in [4.69, 9.17) is 14.2 Å². The molecule has 9 nitrogen and oxygen atoms in total. The monoisotopic (exact) mass is 573 g/mol. The Kier molecular flexibility index (Phi) is 9.95. The molecule has 0 heterocycles. The maximum Gasteiger partial charge on any atom is 0.264 e. The van der Waals surface area contributed by atoms with E-state index in [1.54, 1.807) is 60.7 Å². The number of amides is 1. The second kappa shape index (κ2) is 14.0. The van der Waals surface area contributed by atoms with Crippen molar-refractivity contribution in [2.24, 2.45) is 5.10 Å². The topological polar surface area (TPSA) is 107 Å². The Morgan fingerprint density at radius 2 is 1.54 bits per heavy atom. The van der Waals surface area contributed by atoms with Crippen molar-refractivity contribution in [3.05, 3.63) is 114 Å². The molecule has 0 bridgehead atoms. The van der Waals surface area contributed by atoms with Crippen LogP contribution in [0.15, 0.2) is 113 Å². The SMILES string of the molecule is CCOc1cc(/C=N\NC(=O)CN(c2ccccc2OC)S(=O)(=O)c2ccccc2)ccc1OCc1ccccc1. The highest BCUT2D eigenvalue weighted by Gasteiger charge is 2.29. The van der Waals surface area contributed by atoms with E-state index in [0.717, 1.165) is 9.87 Å². The van der Waals surface area contributed by atoms with Crippen LogP contribution < -0.4 is 23.9 Å². The molecule has 212 valence electrons. The molecule has 0 aliphatic carbocycles. The molecule has 10 heteroatoms. The number of rotatable bonds is 13. The molecular formula is C31H31N3O6S. The summed E-state index contributed by atoms with van der Waals surface area (Å²) in [4.78, 5) is 13.0. The summed E-state index contributed by atoms with van der Waals surface area (Å²) in [6, 6.07) is 29.6. The second-order valence-corrected chi connectivity index (χ2v) is 10.6. The molecule has 0 unspecified atom stereocenters. The minimum Gasteiger partial charge on any atom is -0.495 e. The molecule has 0 atom stereocenters. The van der Waals surface area contributed by atoms with Crippen LogP contribution in [-0.4, -0.2) is 40.8 Å². The Labute approximate surface area is 240 Å². The van der Waals surface area contributed by atoms with Crippen LogP contribution >= 0.6 is 0 Å². The Morgan fingerprint density at radius 3 is 2.24 bits per heavy atom. The molecule has 0 fully saturated rings. The van der Waals surface area contributed by atoms with Gasteiger partial charge >= 0.3 is 0 Å². The molecule has 0 aliphatic heterocycles. The third-order valence-electron chi connectivity index (χ3n) is 5.88. The lowest BCUT2D eigenvalue weighted by Crippen LogP contribution is -2.39. The molecule has 4 aromatic carbocycles. The first-order valence-corrected chi connectivity index (χ1v) is 14.3. The number of benzene rings is 4. The normalized spacial score (nSPS) is 11.2. The number of para-hydroxylation sites is 2. The van der Waals surface area contributed by atoms with Crippen LogP contribution in [-0.2, 0) is 21.4 Å². The molecule has 1 amide bonds. The van der Waals surface area contributed by atoms with Crippen LogP contribution in [0.1, 0.15) is 18.1 Å². The van der Waals surface area contributed by atoms with E-state index < -0.39 is 22.5 Å². The van der Waals surface area contributed by atoms with Gasteiger partial charge in [-0.1, -0.05) is 60.7 Å². The number of carbonyl (C=O) groups excluding carboxylic acids is 1. The fourth-order valence-corrected chi connectivity index (χ4v) is 5.38. The summed E-state index contributed by atoms with van der Waals surface area (Å²) in [7, 11) is -2.66. The van der Waals surface area contributed by atoms with Crippen LogP contribution in [0.25, 0.3) is 0 Å². The maximum atomic E-state index is 13.5. The van der Waals surface area contributed by atoms with Gasteiger partial charge in [-0.15, -0.1) is 0 Å². The molecule has 41 heavy (non-hydrogen) atoms. The van der Waals surface area contributed by atoms with Gasteiger partial charge in [0.2, 0.25) is 0 Å². The van der Waals surface area contributed by atoms with Gasteiger partial charge in [-0.05, 0) is 60.5 Å². The molecule has 0 spiro atoms. The van der Waals surface area contributed by atoms with Crippen LogP contribution in [0, 0.1) is 0 Å². The number of methoxy groups -OCH3 is 1. The van der Waals surface area contributed by atoms with Gasteiger partial charge in [0, 0.05) is 0 Å². The Morgan fingerprint density at radius 1 is 0.854 bits per heavy atom. The average Bonchev–Trinajstić information content (AvgIpc) is 3.00. The van der Waals surface area contributed by atoms with Gasteiger partial charge in [-0.3, -0.25) is 9.10 Å². The van der Waals surface area contributed by atoms with E-state index in [1.807, 2.05) is 37.3 Å². The molecule has 0 aliphatic rings. The predicted molar refractivity (Wildman–Crippen MR) is 158 cm³/mol. The van der Waals surface area contributed by atoms with E-state index in [9.17, 15) is 13.2 Å². The molecule has 4 rings (SSSR count). The number of hydrogen-bond donors (Lipinski definition) is 1. The van der Waals surface area contributed by atoms with Gasteiger partial charge in [-0.25, -0.2) is 13.8 Å². The lowest BCUT2D eigenvalue weighted by molar-refractivity contribution is -0.119. The van der Waals surface area contributed by atoms with E-state index >= 15 is 0 Å². The summed E-state index contributed by atoms with van der Waals surface area (Å²) in [5, 5.41) is 4.04. The quantitative estimate of drug-likeness (QED) is 0.178. The molecular weight excluding hydrogens is 542 g/mol.